The van der Waals surface area contributed by atoms with E-state index in [9.17, 15) is 4.79 Å². The SMILES string of the molecule is CC[C@H](Sc1ncnc2sc3c(c12)CC[C@H](C)C3)C(=O)OC. The summed E-state index contributed by atoms with van der Waals surface area (Å²) in [6.45, 7) is 4.30. The van der Waals surface area contributed by atoms with Gasteiger partial charge in [-0.05, 0) is 37.2 Å². The number of aromatic nitrogens is 2. The molecule has 2 aromatic rings. The molecule has 0 amide bonds. The standard InChI is InChI=1S/C16H20N2O2S2/c1-4-11(16(19)20-3)21-14-13-10-6-5-9(2)7-12(10)22-15(13)18-8-17-14/h8-9,11H,4-7H2,1-3H3/t9-,11-/m0/s1. The van der Waals surface area contributed by atoms with Crippen molar-refractivity contribution in [3.63, 3.8) is 0 Å². The molecular formula is C16H20N2O2S2. The number of carbonyl (C=O) groups is 1. The van der Waals surface area contributed by atoms with E-state index in [4.69, 9.17) is 4.74 Å². The molecular weight excluding hydrogens is 316 g/mol. The zero-order valence-corrected chi connectivity index (χ0v) is 14.7. The zero-order chi connectivity index (χ0) is 15.7. The highest BCUT2D eigenvalue weighted by Crippen LogP contribution is 2.41. The summed E-state index contributed by atoms with van der Waals surface area (Å²) < 4.78 is 4.90. The van der Waals surface area contributed by atoms with E-state index < -0.39 is 0 Å². The quantitative estimate of drug-likeness (QED) is 0.482. The lowest BCUT2D eigenvalue weighted by Gasteiger charge is -2.18. The van der Waals surface area contributed by atoms with Crippen molar-refractivity contribution in [2.24, 2.45) is 5.92 Å². The monoisotopic (exact) mass is 336 g/mol. The van der Waals surface area contributed by atoms with Crippen LogP contribution in [0.25, 0.3) is 10.2 Å². The van der Waals surface area contributed by atoms with Crippen molar-refractivity contribution in [3.8, 4) is 0 Å². The Morgan fingerprint density at radius 1 is 1.55 bits per heavy atom. The van der Waals surface area contributed by atoms with E-state index in [1.807, 2.05) is 6.92 Å². The third kappa shape index (κ3) is 2.86. The van der Waals surface area contributed by atoms with Gasteiger partial charge >= 0.3 is 5.97 Å². The molecule has 4 nitrogen and oxygen atoms in total. The number of hydrogen-bond acceptors (Lipinski definition) is 6. The smallest absolute Gasteiger partial charge is 0.319 e. The minimum absolute atomic E-state index is 0.183. The highest BCUT2D eigenvalue weighted by atomic mass is 32.2. The van der Waals surface area contributed by atoms with Crippen LogP contribution in [0, 0.1) is 5.92 Å². The molecule has 0 N–H and O–H groups in total. The topological polar surface area (TPSA) is 52.1 Å². The average molecular weight is 336 g/mol. The number of fused-ring (bicyclic) bond motifs is 3. The van der Waals surface area contributed by atoms with Crippen LogP contribution in [0.3, 0.4) is 0 Å². The average Bonchev–Trinajstić information content (AvgIpc) is 2.89. The van der Waals surface area contributed by atoms with Gasteiger partial charge in [0.15, 0.2) is 0 Å². The maximum Gasteiger partial charge on any atom is 0.319 e. The summed E-state index contributed by atoms with van der Waals surface area (Å²) in [6.07, 6.45) is 5.78. The zero-order valence-electron chi connectivity index (χ0n) is 13.1. The van der Waals surface area contributed by atoms with Gasteiger partial charge in [-0.3, -0.25) is 4.79 Å². The molecule has 0 aromatic carbocycles. The number of aryl methyl sites for hydroxylation is 1. The molecule has 0 fully saturated rings. The van der Waals surface area contributed by atoms with Crippen molar-refractivity contribution in [2.75, 3.05) is 7.11 Å². The molecule has 1 aliphatic carbocycles. The first kappa shape index (κ1) is 15.7. The Labute approximate surface area is 138 Å². The van der Waals surface area contributed by atoms with Gasteiger partial charge in [0.05, 0.1) is 7.11 Å². The molecule has 2 atom stereocenters. The van der Waals surface area contributed by atoms with Crippen LogP contribution in [0.2, 0.25) is 0 Å². The first-order valence-electron chi connectivity index (χ1n) is 7.63. The van der Waals surface area contributed by atoms with E-state index in [-0.39, 0.29) is 11.2 Å². The third-order valence-corrected chi connectivity index (χ3v) is 6.65. The number of thiophene rings is 1. The fourth-order valence-electron chi connectivity index (χ4n) is 2.90. The Morgan fingerprint density at radius 2 is 2.36 bits per heavy atom. The van der Waals surface area contributed by atoms with Crippen LogP contribution in [0.5, 0.6) is 0 Å². The van der Waals surface area contributed by atoms with Gasteiger partial charge < -0.3 is 4.74 Å². The normalized spacial score (nSPS) is 19.0. The number of esters is 1. The second-order valence-corrected chi connectivity index (χ2v) is 8.02. The highest BCUT2D eigenvalue weighted by Gasteiger charge is 2.26. The van der Waals surface area contributed by atoms with Crippen LogP contribution in [-0.2, 0) is 22.4 Å². The molecule has 0 spiro atoms. The number of rotatable bonds is 4. The molecule has 1 aliphatic rings. The molecule has 0 unspecified atom stereocenters. The van der Waals surface area contributed by atoms with E-state index in [0.29, 0.717) is 0 Å². The number of thioether (sulfide) groups is 1. The van der Waals surface area contributed by atoms with Crippen LogP contribution < -0.4 is 0 Å². The van der Waals surface area contributed by atoms with Gasteiger partial charge in [-0.25, -0.2) is 9.97 Å². The van der Waals surface area contributed by atoms with E-state index in [1.54, 1.807) is 17.7 Å². The van der Waals surface area contributed by atoms with Crippen LogP contribution in [0.15, 0.2) is 11.4 Å². The molecule has 0 saturated carbocycles. The first-order chi connectivity index (χ1) is 10.6. The van der Waals surface area contributed by atoms with Crippen LogP contribution in [-0.4, -0.2) is 28.3 Å². The van der Waals surface area contributed by atoms with E-state index >= 15 is 0 Å². The van der Waals surface area contributed by atoms with Gasteiger partial charge in [-0.15, -0.1) is 11.3 Å². The second kappa shape index (κ2) is 6.54. The lowest BCUT2D eigenvalue weighted by Crippen LogP contribution is -2.18. The van der Waals surface area contributed by atoms with Crippen molar-refractivity contribution >= 4 is 39.3 Å². The minimum Gasteiger partial charge on any atom is -0.468 e. The lowest BCUT2D eigenvalue weighted by molar-refractivity contribution is -0.140. The second-order valence-electron chi connectivity index (χ2n) is 5.75. The fraction of sp³-hybridized carbons (Fsp3) is 0.562. The Morgan fingerprint density at radius 3 is 3.09 bits per heavy atom. The Bertz CT molecular complexity index is 699. The van der Waals surface area contributed by atoms with E-state index in [2.05, 4.69) is 16.9 Å². The van der Waals surface area contributed by atoms with Crippen molar-refractivity contribution in [1.29, 1.82) is 0 Å². The fourth-order valence-corrected chi connectivity index (χ4v) is 5.39. The Balaban J connectivity index is 2.01. The van der Waals surface area contributed by atoms with Crippen molar-refractivity contribution < 1.29 is 9.53 Å². The molecule has 0 radical (unpaired) electrons. The summed E-state index contributed by atoms with van der Waals surface area (Å²) in [5.74, 6) is 0.556. The summed E-state index contributed by atoms with van der Waals surface area (Å²) in [7, 11) is 1.44. The number of methoxy groups -OCH3 is 1. The molecule has 6 heteroatoms. The number of ether oxygens (including phenoxy) is 1. The van der Waals surface area contributed by atoms with Gasteiger partial charge in [0, 0.05) is 10.3 Å². The summed E-state index contributed by atoms with van der Waals surface area (Å²) in [4.78, 5) is 23.3. The molecule has 0 saturated heterocycles. The van der Waals surface area contributed by atoms with E-state index in [1.165, 1.54) is 41.1 Å². The molecule has 2 heterocycles. The predicted octanol–water partition coefficient (Wildman–Crippen LogP) is 3.86. The molecule has 118 valence electrons. The number of nitrogens with zero attached hydrogens (tertiary/aromatic N) is 2. The largest absolute Gasteiger partial charge is 0.468 e. The molecule has 22 heavy (non-hydrogen) atoms. The summed E-state index contributed by atoms with van der Waals surface area (Å²) >= 11 is 3.30. The number of hydrogen-bond donors (Lipinski definition) is 0. The molecule has 2 aromatic heterocycles. The molecule has 3 rings (SSSR count). The first-order valence-corrected chi connectivity index (χ1v) is 9.33. The lowest BCUT2D eigenvalue weighted by atomic mass is 9.89. The van der Waals surface area contributed by atoms with Crippen molar-refractivity contribution in [3.05, 3.63) is 16.8 Å². The van der Waals surface area contributed by atoms with Crippen LogP contribution >= 0.6 is 23.1 Å². The Hall–Kier alpha value is -1.14. The summed E-state index contributed by atoms with van der Waals surface area (Å²) in [5, 5.41) is 1.89. The highest BCUT2D eigenvalue weighted by molar-refractivity contribution is 8.00. The van der Waals surface area contributed by atoms with Gasteiger partial charge in [0.2, 0.25) is 0 Å². The summed E-state index contributed by atoms with van der Waals surface area (Å²) in [6, 6.07) is 0. The van der Waals surface area contributed by atoms with Gasteiger partial charge in [0.1, 0.15) is 21.4 Å². The van der Waals surface area contributed by atoms with Gasteiger partial charge in [-0.2, -0.15) is 0 Å². The summed E-state index contributed by atoms with van der Waals surface area (Å²) in [5.41, 5.74) is 1.40. The van der Waals surface area contributed by atoms with Crippen molar-refractivity contribution in [1.82, 2.24) is 9.97 Å². The predicted molar refractivity (Wildman–Crippen MR) is 90.6 cm³/mol. The van der Waals surface area contributed by atoms with Crippen LogP contribution in [0.4, 0.5) is 0 Å². The minimum atomic E-state index is -0.207. The molecule has 0 bridgehead atoms. The third-order valence-electron chi connectivity index (χ3n) is 4.15. The maximum absolute atomic E-state index is 11.9. The van der Waals surface area contributed by atoms with Gasteiger partial charge in [-0.1, -0.05) is 25.6 Å². The molecule has 0 aliphatic heterocycles. The van der Waals surface area contributed by atoms with E-state index in [0.717, 1.165) is 35.0 Å². The van der Waals surface area contributed by atoms with Crippen molar-refractivity contribution in [2.45, 2.75) is 49.8 Å². The van der Waals surface area contributed by atoms with Crippen LogP contribution in [0.1, 0.15) is 37.1 Å². The van der Waals surface area contributed by atoms with Gasteiger partial charge in [0.25, 0.3) is 0 Å². The maximum atomic E-state index is 11.9. The Kier molecular flexibility index (Phi) is 4.68. The number of carbonyl (C=O) groups excluding carboxylic acids is 1.